The van der Waals surface area contributed by atoms with Gasteiger partial charge in [-0.15, -0.1) is 11.6 Å². The van der Waals surface area contributed by atoms with E-state index < -0.39 is 5.41 Å². The highest BCUT2D eigenvalue weighted by atomic mass is 35.5. The molecule has 1 amide bonds. The molecule has 1 aromatic heterocycles. The van der Waals surface area contributed by atoms with Crippen LogP contribution in [0.1, 0.15) is 38.5 Å². The number of nitrogens with zero attached hydrogens (tertiary/aromatic N) is 3. The molecule has 1 fully saturated rings. The molecular formula is C18H22ClN3O2. The number of piperidine rings is 1. The van der Waals surface area contributed by atoms with Crippen molar-refractivity contribution in [2.24, 2.45) is 5.41 Å². The van der Waals surface area contributed by atoms with Gasteiger partial charge >= 0.3 is 0 Å². The van der Waals surface area contributed by atoms with Gasteiger partial charge in [-0.3, -0.25) is 4.79 Å². The number of aromatic nitrogens is 2. The minimum Gasteiger partial charge on any atom is -0.341 e. The zero-order valence-corrected chi connectivity index (χ0v) is 14.8. The summed E-state index contributed by atoms with van der Waals surface area (Å²) in [7, 11) is 0. The first kappa shape index (κ1) is 17.0. The van der Waals surface area contributed by atoms with Gasteiger partial charge in [0.1, 0.15) is 0 Å². The standard InChI is InChI=1S/C18H22ClN3O2/c1-18(2,12-19)17(23)22-10-6-9-14(11-22)16-20-15(21-24-16)13-7-4-3-5-8-13/h3-5,7-8,14H,6,9-12H2,1-2H3. The van der Waals surface area contributed by atoms with Crippen molar-refractivity contribution >= 4 is 17.5 Å². The van der Waals surface area contributed by atoms with E-state index >= 15 is 0 Å². The summed E-state index contributed by atoms with van der Waals surface area (Å²) < 4.78 is 5.47. The van der Waals surface area contributed by atoms with E-state index in [1.165, 1.54) is 0 Å². The van der Waals surface area contributed by atoms with E-state index in [0.717, 1.165) is 24.9 Å². The lowest BCUT2D eigenvalue weighted by Crippen LogP contribution is -2.46. The average Bonchev–Trinajstić information content (AvgIpc) is 3.12. The Bertz CT molecular complexity index is 699. The summed E-state index contributed by atoms with van der Waals surface area (Å²) in [4.78, 5) is 19.0. The van der Waals surface area contributed by atoms with E-state index in [-0.39, 0.29) is 11.8 Å². The molecule has 24 heavy (non-hydrogen) atoms. The molecule has 1 unspecified atom stereocenters. The fourth-order valence-corrected chi connectivity index (χ4v) is 3.07. The van der Waals surface area contributed by atoms with E-state index in [1.807, 2.05) is 49.1 Å². The van der Waals surface area contributed by atoms with Gasteiger partial charge in [0.05, 0.1) is 11.3 Å². The zero-order chi connectivity index (χ0) is 17.2. The predicted molar refractivity (Wildman–Crippen MR) is 92.8 cm³/mol. The van der Waals surface area contributed by atoms with Crippen LogP contribution < -0.4 is 0 Å². The molecule has 2 aromatic rings. The molecule has 0 N–H and O–H groups in total. The molecular weight excluding hydrogens is 326 g/mol. The van der Waals surface area contributed by atoms with Gasteiger partial charge in [0.2, 0.25) is 17.6 Å². The number of hydrogen-bond donors (Lipinski definition) is 0. The number of carbonyl (C=O) groups is 1. The molecule has 128 valence electrons. The molecule has 0 spiro atoms. The summed E-state index contributed by atoms with van der Waals surface area (Å²) >= 11 is 5.94. The minimum absolute atomic E-state index is 0.0822. The van der Waals surface area contributed by atoms with Crippen molar-refractivity contribution < 1.29 is 9.32 Å². The molecule has 5 nitrogen and oxygen atoms in total. The molecule has 2 heterocycles. The lowest BCUT2D eigenvalue weighted by molar-refractivity contribution is -0.140. The van der Waals surface area contributed by atoms with Gasteiger partial charge in [-0.1, -0.05) is 35.5 Å². The number of halogens is 1. The van der Waals surface area contributed by atoms with Crippen LogP contribution in [0.5, 0.6) is 0 Å². The number of alkyl halides is 1. The predicted octanol–water partition coefficient (Wildman–Crippen LogP) is 3.71. The van der Waals surface area contributed by atoms with Crippen molar-refractivity contribution in [2.75, 3.05) is 19.0 Å². The topological polar surface area (TPSA) is 59.2 Å². The SMILES string of the molecule is CC(C)(CCl)C(=O)N1CCCC(c2nc(-c3ccccc3)no2)C1. The quantitative estimate of drug-likeness (QED) is 0.791. The third-order valence-corrected chi connectivity index (χ3v) is 5.11. The zero-order valence-electron chi connectivity index (χ0n) is 14.0. The van der Waals surface area contributed by atoms with Gasteiger partial charge in [0.15, 0.2) is 0 Å². The highest BCUT2D eigenvalue weighted by molar-refractivity contribution is 6.19. The van der Waals surface area contributed by atoms with Crippen molar-refractivity contribution in [3.63, 3.8) is 0 Å². The van der Waals surface area contributed by atoms with Crippen molar-refractivity contribution in [3.05, 3.63) is 36.2 Å². The summed E-state index contributed by atoms with van der Waals surface area (Å²) in [5, 5.41) is 4.09. The second-order valence-electron chi connectivity index (χ2n) is 6.93. The second-order valence-corrected chi connectivity index (χ2v) is 7.20. The van der Waals surface area contributed by atoms with Crippen LogP contribution in [0.3, 0.4) is 0 Å². The van der Waals surface area contributed by atoms with Gasteiger partial charge in [-0.2, -0.15) is 4.98 Å². The molecule has 0 bridgehead atoms. The maximum atomic E-state index is 12.6. The van der Waals surface area contributed by atoms with Crippen LogP contribution in [-0.2, 0) is 4.79 Å². The first-order valence-electron chi connectivity index (χ1n) is 8.25. The van der Waals surface area contributed by atoms with E-state index in [9.17, 15) is 4.79 Å². The molecule has 0 aliphatic carbocycles. The van der Waals surface area contributed by atoms with Crippen LogP contribution in [0.25, 0.3) is 11.4 Å². The van der Waals surface area contributed by atoms with Crippen molar-refractivity contribution in [1.29, 1.82) is 0 Å². The Morgan fingerprint density at radius 2 is 2.12 bits per heavy atom. The number of benzene rings is 1. The van der Waals surface area contributed by atoms with Crippen LogP contribution in [-0.4, -0.2) is 39.9 Å². The smallest absolute Gasteiger partial charge is 0.231 e. The molecule has 3 rings (SSSR count). The van der Waals surface area contributed by atoms with Gasteiger partial charge in [0.25, 0.3) is 0 Å². The van der Waals surface area contributed by atoms with E-state index in [0.29, 0.717) is 24.1 Å². The summed E-state index contributed by atoms with van der Waals surface area (Å²) in [5.41, 5.74) is 0.382. The Morgan fingerprint density at radius 1 is 1.38 bits per heavy atom. The third-order valence-electron chi connectivity index (χ3n) is 4.44. The Kier molecular flexibility index (Phi) is 4.90. The minimum atomic E-state index is -0.548. The normalized spacial score (nSPS) is 18.6. The van der Waals surface area contributed by atoms with Crippen molar-refractivity contribution in [1.82, 2.24) is 15.0 Å². The number of rotatable bonds is 4. The van der Waals surface area contributed by atoms with Crippen LogP contribution >= 0.6 is 11.6 Å². The van der Waals surface area contributed by atoms with Crippen LogP contribution in [0.2, 0.25) is 0 Å². The summed E-state index contributed by atoms with van der Waals surface area (Å²) in [5.74, 6) is 1.68. The van der Waals surface area contributed by atoms with Gasteiger partial charge < -0.3 is 9.42 Å². The van der Waals surface area contributed by atoms with Crippen LogP contribution in [0, 0.1) is 5.41 Å². The molecule has 1 aromatic carbocycles. The molecule has 6 heteroatoms. The number of likely N-dealkylation sites (tertiary alicyclic amines) is 1. The van der Waals surface area contributed by atoms with E-state index in [1.54, 1.807) is 0 Å². The van der Waals surface area contributed by atoms with Gasteiger partial charge in [-0.25, -0.2) is 0 Å². The Hall–Kier alpha value is -1.88. The maximum absolute atomic E-state index is 12.6. The molecule has 1 atom stereocenters. The molecule has 1 aliphatic heterocycles. The van der Waals surface area contributed by atoms with E-state index in [2.05, 4.69) is 10.1 Å². The Labute approximate surface area is 147 Å². The summed E-state index contributed by atoms with van der Waals surface area (Å²) in [6.07, 6.45) is 1.87. The van der Waals surface area contributed by atoms with Crippen LogP contribution in [0.4, 0.5) is 0 Å². The Balaban J connectivity index is 1.74. The first-order valence-corrected chi connectivity index (χ1v) is 8.79. The number of hydrogen-bond acceptors (Lipinski definition) is 4. The molecule has 1 aliphatic rings. The molecule has 1 saturated heterocycles. The van der Waals surface area contributed by atoms with E-state index in [4.69, 9.17) is 16.1 Å². The highest BCUT2D eigenvalue weighted by Gasteiger charge is 2.35. The highest BCUT2D eigenvalue weighted by Crippen LogP contribution is 2.30. The average molecular weight is 348 g/mol. The van der Waals surface area contributed by atoms with Crippen molar-refractivity contribution in [2.45, 2.75) is 32.6 Å². The maximum Gasteiger partial charge on any atom is 0.231 e. The lowest BCUT2D eigenvalue weighted by atomic mass is 9.91. The molecule has 0 radical (unpaired) electrons. The van der Waals surface area contributed by atoms with Gasteiger partial charge in [0, 0.05) is 24.5 Å². The number of carbonyl (C=O) groups excluding carboxylic acids is 1. The number of amides is 1. The largest absolute Gasteiger partial charge is 0.341 e. The molecule has 0 saturated carbocycles. The van der Waals surface area contributed by atoms with Crippen LogP contribution in [0.15, 0.2) is 34.9 Å². The third kappa shape index (κ3) is 3.46. The van der Waals surface area contributed by atoms with Gasteiger partial charge in [-0.05, 0) is 26.7 Å². The lowest BCUT2D eigenvalue weighted by Gasteiger charge is -2.35. The second kappa shape index (κ2) is 6.93. The fraction of sp³-hybridized carbons (Fsp3) is 0.500. The first-order chi connectivity index (χ1) is 11.5. The summed E-state index contributed by atoms with van der Waals surface area (Å²) in [6, 6.07) is 9.75. The Morgan fingerprint density at radius 3 is 2.83 bits per heavy atom. The fourth-order valence-electron chi connectivity index (χ4n) is 2.95. The monoisotopic (exact) mass is 347 g/mol. The van der Waals surface area contributed by atoms with Crippen molar-refractivity contribution in [3.8, 4) is 11.4 Å². The summed E-state index contributed by atoms with van der Waals surface area (Å²) in [6.45, 7) is 5.13.